The van der Waals surface area contributed by atoms with Crippen LogP contribution in [0.1, 0.15) is 22.7 Å². The first-order valence-corrected chi connectivity index (χ1v) is 8.00. The normalized spacial score (nSPS) is 12.1. The molecule has 0 saturated carbocycles. The Kier molecular flexibility index (Phi) is 5.30. The van der Waals surface area contributed by atoms with Crippen LogP contribution in [-0.4, -0.2) is 14.2 Å². The first-order valence-electron chi connectivity index (χ1n) is 6.42. The van der Waals surface area contributed by atoms with Gasteiger partial charge in [-0.2, -0.15) is 0 Å². The second-order valence-electron chi connectivity index (χ2n) is 4.64. The molecular formula is C16H17Br2NO2. The molecule has 2 aromatic rings. The SMILES string of the molecule is COc1ccc(C(N)c2cccc(Br)c2C)c(OC)c1Br. The van der Waals surface area contributed by atoms with E-state index in [0.717, 1.165) is 25.6 Å². The molecule has 0 aliphatic heterocycles. The van der Waals surface area contributed by atoms with Crippen LogP contribution in [-0.2, 0) is 0 Å². The largest absolute Gasteiger partial charge is 0.495 e. The Morgan fingerprint density at radius 3 is 2.33 bits per heavy atom. The van der Waals surface area contributed by atoms with Gasteiger partial charge in [0, 0.05) is 10.0 Å². The van der Waals surface area contributed by atoms with Gasteiger partial charge in [0.15, 0.2) is 0 Å². The van der Waals surface area contributed by atoms with Crippen molar-refractivity contribution in [2.24, 2.45) is 5.73 Å². The summed E-state index contributed by atoms with van der Waals surface area (Å²) in [4.78, 5) is 0. The molecule has 0 amide bonds. The number of methoxy groups -OCH3 is 2. The summed E-state index contributed by atoms with van der Waals surface area (Å²) in [6.07, 6.45) is 0. The molecule has 112 valence electrons. The van der Waals surface area contributed by atoms with Gasteiger partial charge in [-0.3, -0.25) is 0 Å². The minimum Gasteiger partial charge on any atom is -0.495 e. The van der Waals surface area contributed by atoms with E-state index < -0.39 is 0 Å². The van der Waals surface area contributed by atoms with Crippen molar-refractivity contribution in [1.82, 2.24) is 0 Å². The highest BCUT2D eigenvalue weighted by Crippen LogP contribution is 2.41. The maximum Gasteiger partial charge on any atom is 0.141 e. The summed E-state index contributed by atoms with van der Waals surface area (Å²) >= 11 is 7.06. The number of nitrogens with two attached hydrogens (primary N) is 1. The molecule has 0 fully saturated rings. The molecule has 2 rings (SSSR count). The topological polar surface area (TPSA) is 44.5 Å². The Morgan fingerprint density at radius 2 is 1.71 bits per heavy atom. The average molecular weight is 415 g/mol. The summed E-state index contributed by atoms with van der Waals surface area (Å²) in [6, 6.07) is 9.56. The highest BCUT2D eigenvalue weighted by molar-refractivity contribution is 9.11. The van der Waals surface area contributed by atoms with Crippen molar-refractivity contribution in [2.75, 3.05) is 14.2 Å². The third-order valence-corrected chi connectivity index (χ3v) is 5.11. The number of hydrogen-bond acceptors (Lipinski definition) is 3. The fourth-order valence-electron chi connectivity index (χ4n) is 2.29. The van der Waals surface area contributed by atoms with Crippen molar-refractivity contribution >= 4 is 31.9 Å². The summed E-state index contributed by atoms with van der Waals surface area (Å²) in [7, 11) is 3.25. The van der Waals surface area contributed by atoms with Crippen LogP contribution in [0.4, 0.5) is 0 Å². The zero-order valence-corrected chi connectivity index (χ0v) is 15.3. The van der Waals surface area contributed by atoms with Gasteiger partial charge in [-0.05, 0) is 52.2 Å². The molecule has 0 saturated heterocycles. The molecule has 0 radical (unpaired) electrons. The van der Waals surface area contributed by atoms with Gasteiger partial charge in [0.1, 0.15) is 16.0 Å². The van der Waals surface area contributed by atoms with E-state index in [2.05, 4.69) is 31.9 Å². The van der Waals surface area contributed by atoms with Crippen LogP contribution in [0.15, 0.2) is 39.3 Å². The monoisotopic (exact) mass is 413 g/mol. The van der Waals surface area contributed by atoms with Crippen molar-refractivity contribution in [3.8, 4) is 11.5 Å². The van der Waals surface area contributed by atoms with Crippen LogP contribution in [0.25, 0.3) is 0 Å². The molecule has 0 spiro atoms. The third-order valence-electron chi connectivity index (χ3n) is 3.50. The van der Waals surface area contributed by atoms with E-state index in [0.29, 0.717) is 11.5 Å². The number of halogens is 2. The van der Waals surface area contributed by atoms with Crippen molar-refractivity contribution < 1.29 is 9.47 Å². The number of hydrogen-bond donors (Lipinski definition) is 1. The van der Waals surface area contributed by atoms with Gasteiger partial charge in [-0.1, -0.05) is 28.1 Å². The Bertz CT molecular complexity index is 659. The number of benzene rings is 2. The van der Waals surface area contributed by atoms with Crippen molar-refractivity contribution in [3.63, 3.8) is 0 Å². The lowest BCUT2D eigenvalue weighted by atomic mass is 9.95. The molecule has 3 nitrogen and oxygen atoms in total. The molecular weight excluding hydrogens is 398 g/mol. The number of rotatable bonds is 4. The molecule has 0 aliphatic rings. The molecule has 2 N–H and O–H groups in total. The van der Waals surface area contributed by atoms with Crippen molar-refractivity contribution in [1.29, 1.82) is 0 Å². The fourth-order valence-corrected chi connectivity index (χ4v) is 3.36. The van der Waals surface area contributed by atoms with Crippen LogP contribution in [0.2, 0.25) is 0 Å². The van der Waals surface area contributed by atoms with Gasteiger partial charge in [0.05, 0.1) is 20.3 Å². The minimum absolute atomic E-state index is 0.278. The summed E-state index contributed by atoms with van der Waals surface area (Å²) in [5, 5.41) is 0. The Labute approximate surface area is 141 Å². The highest BCUT2D eigenvalue weighted by Gasteiger charge is 2.20. The summed E-state index contributed by atoms with van der Waals surface area (Å²) in [5.74, 6) is 1.41. The molecule has 0 bridgehead atoms. The standard InChI is InChI=1S/C16H17Br2NO2/c1-9-10(5-4-6-12(9)17)15(19)11-7-8-13(20-2)14(18)16(11)21-3/h4-8,15H,19H2,1-3H3. The second-order valence-corrected chi connectivity index (χ2v) is 6.28. The van der Waals surface area contributed by atoms with E-state index in [1.54, 1.807) is 14.2 Å². The zero-order valence-electron chi connectivity index (χ0n) is 12.1. The zero-order chi connectivity index (χ0) is 15.6. The lowest BCUT2D eigenvalue weighted by Crippen LogP contribution is -2.15. The highest BCUT2D eigenvalue weighted by atomic mass is 79.9. The summed E-state index contributed by atoms with van der Waals surface area (Å²) in [5.41, 5.74) is 9.55. The molecule has 0 heterocycles. The first-order chi connectivity index (χ1) is 10.0. The quantitative estimate of drug-likeness (QED) is 0.795. The third kappa shape index (κ3) is 3.10. The predicted molar refractivity (Wildman–Crippen MR) is 92.2 cm³/mol. The van der Waals surface area contributed by atoms with Gasteiger partial charge in [0.25, 0.3) is 0 Å². The van der Waals surface area contributed by atoms with Crippen LogP contribution in [0, 0.1) is 6.92 Å². The molecule has 0 aliphatic carbocycles. The predicted octanol–water partition coefficient (Wildman–Crippen LogP) is 4.59. The maximum absolute atomic E-state index is 6.46. The van der Waals surface area contributed by atoms with Crippen LogP contribution < -0.4 is 15.2 Å². The van der Waals surface area contributed by atoms with Gasteiger partial charge >= 0.3 is 0 Å². The van der Waals surface area contributed by atoms with Crippen LogP contribution in [0.5, 0.6) is 11.5 Å². The molecule has 5 heteroatoms. The Hall–Kier alpha value is -1.04. The molecule has 1 atom stereocenters. The Balaban J connectivity index is 2.56. The summed E-state index contributed by atoms with van der Waals surface area (Å²) < 4.78 is 12.6. The van der Waals surface area contributed by atoms with E-state index in [4.69, 9.17) is 15.2 Å². The molecule has 0 aromatic heterocycles. The lowest BCUT2D eigenvalue weighted by molar-refractivity contribution is 0.385. The van der Waals surface area contributed by atoms with Crippen LogP contribution in [0.3, 0.4) is 0 Å². The maximum atomic E-state index is 6.46. The molecule has 2 aromatic carbocycles. The fraction of sp³-hybridized carbons (Fsp3) is 0.250. The minimum atomic E-state index is -0.278. The first kappa shape index (κ1) is 16.3. The van der Waals surface area contributed by atoms with E-state index in [-0.39, 0.29) is 6.04 Å². The van der Waals surface area contributed by atoms with Gasteiger partial charge in [-0.15, -0.1) is 0 Å². The summed E-state index contributed by atoms with van der Waals surface area (Å²) in [6.45, 7) is 2.05. The number of ether oxygens (including phenoxy) is 2. The van der Waals surface area contributed by atoms with Gasteiger partial charge in [0.2, 0.25) is 0 Å². The average Bonchev–Trinajstić information content (AvgIpc) is 2.49. The van der Waals surface area contributed by atoms with Gasteiger partial charge < -0.3 is 15.2 Å². The van der Waals surface area contributed by atoms with Crippen LogP contribution >= 0.6 is 31.9 Å². The molecule has 1 unspecified atom stereocenters. The van der Waals surface area contributed by atoms with Crippen molar-refractivity contribution in [3.05, 3.63) is 56.0 Å². The van der Waals surface area contributed by atoms with E-state index in [1.165, 1.54) is 0 Å². The smallest absolute Gasteiger partial charge is 0.141 e. The Morgan fingerprint density at radius 1 is 1.00 bits per heavy atom. The van der Waals surface area contributed by atoms with E-state index in [9.17, 15) is 0 Å². The second kappa shape index (κ2) is 6.81. The van der Waals surface area contributed by atoms with E-state index in [1.807, 2.05) is 37.3 Å². The van der Waals surface area contributed by atoms with Gasteiger partial charge in [-0.25, -0.2) is 0 Å². The molecule has 21 heavy (non-hydrogen) atoms. The van der Waals surface area contributed by atoms with E-state index >= 15 is 0 Å². The van der Waals surface area contributed by atoms with Crippen molar-refractivity contribution in [2.45, 2.75) is 13.0 Å². The lowest BCUT2D eigenvalue weighted by Gasteiger charge is -2.20.